The van der Waals surface area contributed by atoms with E-state index in [2.05, 4.69) is 10.3 Å². The van der Waals surface area contributed by atoms with Crippen molar-refractivity contribution in [2.24, 2.45) is 0 Å². The van der Waals surface area contributed by atoms with Gasteiger partial charge in [0.2, 0.25) is 5.91 Å². The van der Waals surface area contributed by atoms with E-state index in [1.165, 1.54) is 17.4 Å². The van der Waals surface area contributed by atoms with E-state index in [1.807, 2.05) is 4.90 Å². The maximum Gasteiger partial charge on any atom is 0.416 e. The van der Waals surface area contributed by atoms with Crippen LogP contribution in [0.3, 0.4) is 0 Å². The lowest BCUT2D eigenvalue weighted by molar-refractivity contribution is -0.137. The van der Waals surface area contributed by atoms with E-state index in [9.17, 15) is 18.0 Å². The Hall–Kier alpha value is -1.83. The Morgan fingerprint density at radius 3 is 2.78 bits per heavy atom. The summed E-state index contributed by atoms with van der Waals surface area (Å²) in [6.45, 7) is 0.646. The minimum absolute atomic E-state index is 0.0225. The molecule has 1 aromatic carbocycles. The Bertz CT molecular complexity index is 769. The quantitative estimate of drug-likeness (QED) is 0.929. The van der Waals surface area contributed by atoms with Crippen LogP contribution in [-0.4, -0.2) is 34.4 Å². The number of carbonyl (C=O) groups excluding carboxylic acids is 1. The summed E-state index contributed by atoms with van der Waals surface area (Å²) in [5, 5.41) is 3.76. The van der Waals surface area contributed by atoms with Gasteiger partial charge in [-0.15, -0.1) is 0 Å². The second-order valence-electron chi connectivity index (χ2n) is 6.02. The van der Waals surface area contributed by atoms with Crippen LogP contribution in [0.15, 0.2) is 18.2 Å². The molecule has 23 heavy (non-hydrogen) atoms. The first-order valence-corrected chi connectivity index (χ1v) is 8.25. The molecule has 1 saturated heterocycles. The molecule has 1 atom stereocenters. The van der Waals surface area contributed by atoms with Crippen LogP contribution < -0.4 is 5.32 Å². The second-order valence-corrected chi connectivity index (χ2v) is 7.05. The average molecular weight is 341 g/mol. The Kier molecular flexibility index (Phi) is 3.26. The van der Waals surface area contributed by atoms with E-state index < -0.39 is 11.7 Å². The molecule has 2 fully saturated rings. The lowest BCUT2D eigenvalue weighted by Gasteiger charge is -2.15. The predicted molar refractivity (Wildman–Crippen MR) is 81.4 cm³/mol. The normalized spacial score (nSPS) is 22.1. The van der Waals surface area contributed by atoms with E-state index in [4.69, 9.17) is 0 Å². The highest BCUT2D eigenvalue weighted by Gasteiger charge is 2.39. The van der Waals surface area contributed by atoms with Crippen molar-refractivity contribution in [1.29, 1.82) is 0 Å². The molecule has 1 aromatic heterocycles. The molecule has 4 rings (SSSR count). The van der Waals surface area contributed by atoms with Gasteiger partial charge in [0.1, 0.15) is 0 Å². The molecule has 2 aromatic rings. The summed E-state index contributed by atoms with van der Waals surface area (Å²) in [6.07, 6.45) is -1.81. The molecule has 1 unspecified atom stereocenters. The van der Waals surface area contributed by atoms with E-state index in [-0.39, 0.29) is 11.9 Å². The molecule has 1 aliphatic carbocycles. The maximum atomic E-state index is 12.7. The van der Waals surface area contributed by atoms with Crippen molar-refractivity contribution in [3.63, 3.8) is 0 Å². The molecule has 0 bridgehead atoms. The average Bonchev–Trinajstić information content (AvgIpc) is 3.13. The van der Waals surface area contributed by atoms with Gasteiger partial charge in [-0.2, -0.15) is 13.2 Å². The molecule has 1 saturated carbocycles. The second kappa shape index (κ2) is 5.09. The minimum Gasteiger partial charge on any atom is -0.356 e. The number of nitrogens with one attached hydrogen (secondary N) is 1. The molecule has 1 aliphatic heterocycles. The summed E-state index contributed by atoms with van der Waals surface area (Å²) in [5.74, 6) is 0.144. The highest BCUT2D eigenvalue weighted by molar-refractivity contribution is 7.22. The molecule has 1 amide bonds. The SMILES string of the molecule is O=C1CC(Nc2nc3cc(C(F)(F)F)ccc3s2)CN1C1CC1. The van der Waals surface area contributed by atoms with Gasteiger partial charge < -0.3 is 10.2 Å². The first kappa shape index (κ1) is 14.7. The topological polar surface area (TPSA) is 45.2 Å². The highest BCUT2D eigenvalue weighted by Crippen LogP contribution is 2.35. The number of thiazole rings is 1. The number of alkyl halides is 3. The van der Waals surface area contributed by atoms with E-state index >= 15 is 0 Å². The van der Waals surface area contributed by atoms with Gasteiger partial charge in [-0.1, -0.05) is 11.3 Å². The lowest BCUT2D eigenvalue weighted by Crippen LogP contribution is -2.29. The number of aromatic nitrogens is 1. The molecule has 8 heteroatoms. The molecule has 2 heterocycles. The molecule has 4 nitrogen and oxygen atoms in total. The van der Waals surface area contributed by atoms with Crippen LogP contribution in [0, 0.1) is 0 Å². The fourth-order valence-electron chi connectivity index (χ4n) is 2.91. The van der Waals surface area contributed by atoms with Gasteiger partial charge in [-0.25, -0.2) is 4.98 Å². The molecule has 0 radical (unpaired) electrons. The van der Waals surface area contributed by atoms with Crippen LogP contribution in [0.5, 0.6) is 0 Å². The summed E-state index contributed by atoms with van der Waals surface area (Å²) in [5.41, 5.74) is -0.367. The highest BCUT2D eigenvalue weighted by atomic mass is 32.1. The summed E-state index contributed by atoms with van der Waals surface area (Å²) >= 11 is 1.31. The van der Waals surface area contributed by atoms with Crippen LogP contribution in [0.25, 0.3) is 10.2 Å². The number of carbonyl (C=O) groups is 1. The van der Waals surface area contributed by atoms with Crippen LogP contribution in [0.4, 0.5) is 18.3 Å². The van der Waals surface area contributed by atoms with Crippen LogP contribution in [-0.2, 0) is 11.0 Å². The number of nitrogens with zero attached hydrogens (tertiary/aromatic N) is 2. The van der Waals surface area contributed by atoms with Gasteiger partial charge in [-0.3, -0.25) is 4.79 Å². The molecule has 122 valence electrons. The Balaban J connectivity index is 1.52. The summed E-state index contributed by atoms with van der Waals surface area (Å²) < 4.78 is 38.9. The number of rotatable bonds is 3. The fraction of sp³-hybridized carbons (Fsp3) is 0.467. The Morgan fingerprint density at radius 1 is 1.30 bits per heavy atom. The third-order valence-corrected chi connectivity index (χ3v) is 5.16. The number of benzene rings is 1. The van der Waals surface area contributed by atoms with E-state index in [0.717, 1.165) is 25.0 Å². The van der Waals surface area contributed by atoms with Gasteiger partial charge >= 0.3 is 6.18 Å². The standard InChI is InChI=1S/C15H14F3N3OS/c16-15(17,18)8-1-4-12-11(5-8)20-14(23-12)19-9-6-13(22)21(7-9)10-2-3-10/h1,4-5,9-10H,2-3,6-7H2,(H,19,20). The van der Waals surface area contributed by atoms with Gasteiger partial charge in [0, 0.05) is 19.0 Å². The van der Waals surface area contributed by atoms with Gasteiger partial charge in [0.05, 0.1) is 21.8 Å². The monoisotopic (exact) mass is 341 g/mol. The maximum absolute atomic E-state index is 12.7. The van der Waals surface area contributed by atoms with Crippen LogP contribution >= 0.6 is 11.3 Å². The third-order valence-electron chi connectivity index (χ3n) is 4.19. The van der Waals surface area contributed by atoms with Gasteiger partial charge in [0.25, 0.3) is 0 Å². The zero-order chi connectivity index (χ0) is 16.2. The molecule has 0 spiro atoms. The van der Waals surface area contributed by atoms with E-state index in [1.54, 1.807) is 0 Å². The number of halogens is 3. The van der Waals surface area contributed by atoms with Crippen molar-refractivity contribution in [2.75, 3.05) is 11.9 Å². The first-order valence-electron chi connectivity index (χ1n) is 7.44. The first-order chi connectivity index (χ1) is 10.9. The van der Waals surface area contributed by atoms with Crippen molar-refractivity contribution in [3.8, 4) is 0 Å². The smallest absolute Gasteiger partial charge is 0.356 e. The number of hydrogen-bond acceptors (Lipinski definition) is 4. The number of anilines is 1. The largest absolute Gasteiger partial charge is 0.416 e. The van der Waals surface area contributed by atoms with Crippen LogP contribution in [0.2, 0.25) is 0 Å². The van der Waals surface area contributed by atoms with E-state index in [0.29, 0.717) is 34.4 Å². The van der Waals surface area contributed by atoms with Gasteiger partial charge in [0.15, 0.2) is 5.13 Å². The van der Waals surface area contributed by atoms with Crippen molar-refractivity contribution >= 4 is 32.6 Å². The van der Waals surface area contributed by atoms with Crippen LogP contribution in [0.1, 0.15) is 24.8 Å². The zero-order valence-corrected chi connectivity index (χ0v) is 12.9. The molecule has 2 aliphatic rings. The Morgan fingerprint density at radius 2 is 2.09 bits per heavy atom. The Labute approximate surface area is 134 Å². The van der Waals surface area contributed by atoms with Crippen molar-refractivity contribution in [3.05, 3.63) is 23.8 Å². The third kappa shape index (κ3) is 2.87. The summed E-state index contributed by atoms with van der Waals surface area (Å²) in [4.78, 5) is 18.1. The summed E-state index contributed by atoms with van der Waals surface area (Å²) in [7, 11) is 0. The van der Waals surface area contributed by atoms with Crippen molar-refractivity contribution in [2.45, 2.75) is 37.5 Å². The number of amides is 1. The van der Waals surface area contributed by atoms with Crippen molar-refractivity contribution in [1.82, 2.24) is 9.88 Å². The fourth-order valence-corrected chi connectivity index (χ4v) is 3.83. The zero-order valence-electron chi connectivity index (χ0n) is 12.1. The number of fused-ring (bicyclic) bond motifs is 1. The minimum atomic E-state index is -4.37. The molecular weight excluding hydrogens is 327 g/mol. The summed E-state index contributed by atoms with van der Waals surface area (Å²) in [6, 6.07) is 3.94. The van der Waals surface area contributed by atoms with Crippen molar-refractivity contribution < 1.29 is 18.0 Å². The van der Waals surface area contributed by atoms with Gasteiger partial charge in [-0.05, 0) is 31.0 Å². The molecular formula is C15H14F3N3OS. The number of hydrogen-bond donors (Lipinski definition) is 1. The number of likely N-dealkylation sites (tertiary alicyclic amines) is 1. The lowest BCUT2D eigenvalue weighted by atomic mass is 10.2. The predicted octanol–water partition coefficient (Wildman–Crippen LogP) is 3.49. The molecule has 1 N–H and O–H groups in total.